The predicted molar refractivity (Wildman–Crippen MR) is 140 cm³/mol. The number of ether oxygens (including phenoxy) is 2. The van der Waals surface area contributed by atoms with Gasteiger partial charge in [0.05, 0.1) is 27.0 Å². The lowest BCUT2D eigenvalue weighted by atomic mass is 10.0. The Kier molecular flexibility index (Phi) is 8.77. The minimum absolute atomic E-state index is 0.0430. The molecule has 228 valence electrons. The Bertz CT molecular complexity index is 1750. The van der Waals surface area contributed by atoms with Crippen molar-refractivity contribution < 1.29 is 53.0 Å². The summed E-state index contributed by atoms with van der Waals surface area (Å²) in [4.78, 5) is -0.288. The molecule has 0 unspecified atom stereocenters. The SMILES string of the molecule is CC(C)Oc1c(F)c(F)c(-c2c(F)c(F)c(Oc3ccc(S(=O)(=O)c4ccc(C(C)C)cc4)cc3)c(F)c2F)c(F)c1F. The van der Waals surface area contributed by atoms with Gasteiger partial charge in [-0.3, -0.25) is 0 Å². The van der Waals surface area contributed by atoms with E-state index in [-0.39, 0.29) is 15.7 Å². The summed E-state index contributed by atoms with van der Waals surface area (Å²) in [5.41, 5.74) is -3.23. The van der Waals surface area contributed by atoms with Crippen LogP contribution in [0.25, 0.3) is 11.1 Å². The lowest BCUT2D eigenvalue weighted by Crippen LogP contribution is -2.13. The second kappa shape index (κ2) is 11.9. The van der Waals surface area contributed by atoms with Gasteiger partial charge >= 0.3 is 0 Å². The molecule has 0 aliphatic carbocycles. The van der Waals surface area contributed by atoms with E-state index in [0.29, 0.717) is 0 Å². The van der Waals surface area contributed by atoms with Gasteiger partial charge in [-0.25, -0.2) is 26.0 Å². The van der Waals surface area contributed by atoms with Crippen LogP contribution in [0.3, 0.4) is 0 Å². The topological polar surface area (TPSA) is 52.6 Å². The summed E-state index contributed by atoms with van der Waals surface area (Å²) in [6.07, 6.45) is -0.973. The Labute approximate surface area is 241 Å². The first-order valence-corrected chi connectivity index (χ1v) is 14.1. The zero-order valence-corrected chi connectivity index (χ0v) is 23.7. The molecule has 0 amide bonds. The Hall–Kier alpha value is -4.13. The van der Waals surface area contributed by atoms with Gasteiger partial charge in [-0.1, -0.05) is 26.0 Å². The molecule has 0 aliphatic rings. The molecule has 0 saturated heterocycles. The Morgan fingerprint density at radius 2 is 0.907 bits per heavy atom. The van der Waals surface area contributed by atoms with Crippen molar-refractivity contribution in [2.24, 2.45) is 0 Å². The number of hydrogen-bond acceptors (Lipinski definition) is 4. The van der Waals surface area contributed by atoms with Crippen molar-refractivity contribution in [2.45, 2.75) is 49.5 Å². The van der Waals surface area contributed by atoms with Crippen molar-refractivity contribution in [2.75, 3.05) is 0 Å². The maximum Gasteiger partial charge on any atom is 0.206 e. The van der Waals surface area contributed by atoms with E-state index in [1.807, 2.05) is 13.8 Å². The van der Waals surface area contributed by atoms with E-state index >= 15 is 0 Å². The third-order valence-corrected chi connectivity index (χ3v) is 8.05. The van der Waals surface area contributed by atoms with Crippen LogP contribution in [-0.2, 0) is 9.84 Å². The zero-order chi connectivity index (χ0) is 32.0. The zero-order valence-electron chi connectivity index (χ0n) is 22.8. The van der Waals surface area contributed by atoms with Crippen molar-refractivity contribution in [1.29, 1.82) is 0 Å². The smallest absolute Gasteiger partial charge is 0.206 e. The molecule has 0 heterocycles. The quantitative estimate of drug-likeness (QED) is 0.144. The van der Waals surface area contributed by atoms with E-state index < -0.39 is 90.9 Å². The van der Waals surface area contributed by atoms with Crippen molar-refractivity contribution in [1.82, 2.24) is 0 Å². The largest absolute Gasteiger partial charge is 0.485 e. The van der Waals surface area contributed by atoms with E-state index in [2.05, 4.69) is 4.74 Å². The predicted octanol–water partition coefficient (Wildman–Crippen LogP) is 9.00. The fourth-order valence-electron chi connectivity index (χ4n) is 4.06. The van der Waals surface area contributed by atoms with E-state index in [4.69, 9.17) is 4.74 Å². The van der Waals surface area contributed by atoms with Crippen LogP contribution < -0.4 is 9.47 Å². The molecule has 4 rings (SSSR count). The highest BCUT2D eigenvalue weighted by atomic mass is 32.2. The average molecular weight is 631 g/mol. The van der Waals surface area contributed by atoms with Gasteiger partial charge in [-0.05, 0) is 61.7 Å². The molecular weight excluding hydrogens is 608 g/mol. The summed E-state index contributed by atoms with van der Waals surface area (Å²) in [6.45, 7) is 6.39. The van der Waals surface area contributed by atoms with E-state index in [1.54, 1.807) is 12.1 Å². The number of halogens is 8. The molecule has 0 bridgehead atoms. The summed E-state index contributed by atoms with van der Waals surface area (Å²) in [5, 5.41) is 0. The fourth-order valence-corrected chi connectivity index (χ4v) is 5.32. The van der Waals surface area contributed by atoms with Gasteiger partial charge in [-0.15, -0.1) is 0 Å². The first-order valence-electron chi connectivity index (χ1n) is 12.6. The Morgan fingerprint density at radius 3 is 1.28 bits per heavy atom. The molecule has 0 radical (unpaired) electrons. The maximum absolute atomic E-state index is 15.0. The molecule has 0 aliphatic heterocycles. The highest BCUT2D eigenvalue weighted by molar-refractivity contribution is 7.91. The van der Waals surface area contributed by atoms with Gasteiger partial charge in [0.25, 0.3) is 0 Å². The maximum atomic E-state index is 15.0. The highest BCUT2D eigenvalue weighted by Gasteiger charge is 2.35. The summed E-state index contributed by atoms with van der Waals surface area (Å²) in [5.74, 6) is -22.1. The lowest BCUT2D eigenvalue weighted by molar-refractivity contribution is 0.212. The first-order chi connectivity index (χ1) is 20.1. The van der Waals surface area contributed by atoms with Gasteiger partial charge < -0.3 is 9.47 Å². The summed E-state index contributed by atoms with van der Waals surface area (Å²) in [7, 11) is -4.03. The van der Waals surface area contributed by atoms with Crippen LogP contribution in [0.1, 0.15) is 39.2 Å². The van der Waals surface area contributed by atoms with Crippen LogP contribution in [0.15, 0.2) is 58.3 Å². The second-order valence-corrected chi connectivity index (χ2v) is 11.8. The summed E-state index contributed by atoms with van der Waals surface area (Å²) < 4.78 is 154. The van der Waals surface area contributed by atoms with Gasteiger partial charge in [0, 0.05) is 0 Å². The third kappa shape index (κ3) is 5.77. The summed E-state index contributed by atoms with van der Waals surface area (Å²) in [6, 6.07) is 9.99. The van der Waals surface area contributed by atoms with Gasteiger partial charge in [-0.2, -0.15) is 17.6 Å². The fraction of sp³-hybridized carbons (Fsp3) is 0.200. The van der Waals surface area contributed by atoms with Crippen molar-refractivity contribution in [3.05, 3.63) is 101 Å². The molecule has 4 aromatic carbocycles. The van der Waals surface area contributed by atoms with Crippen LogP contribution in [0, 0.1) is 46.5 Å². The molecule has 0 saturated carbocycles. The number of hydrogen-bond donors (Lipinski definition) is 0. The van der Waals surface area contributed by atoms with Crippen molar-refractivity contribution in [3.63, 3.8) is 0 Å². The van der Waals surface area contributed by atoms with Crippen LogP contribution in [0.2, 0.25) is 0 Å². The Morgan fingerprint density at radius 1 is 0.535 bits per heavy atom. The standard InChI is InChI=1S/C30H22F8O4S/c1-13(2)15-5-9-17(10-6-15)43(39,40)18-11-7-16(8-12-18)42-30-27(37)23(33)20(24(34)28(30)38)19-21(31)25(35)29(41-14(3)4)26(36)22(19)32/h5-14H,1-4H3. The molecule has 0 N–H and O–H groups in total. The molecular formula is C30H22F8O4S. The monoisotopic (exact) mass is 630 g/mol. The van der Waals surface area contributed by atoms with Crippen molar-refractivity contribution >= 4 is 9.84 Å². The van der Waals surface area contributed by atoms with Crippen molar-refractivity contribution in [3.8, 4) is 28.4 Å². The Balaban J connectivity index is 1.72. The van der Waals surface area contributed by atoms with Crippen LogP contribution >= 0.6 is 0 Å². The molecule has 43 heavy (non-hydrogen) atoms. The normalized spacial score (nSPS) is 11.9. The lowest BCUT2D eigenvalue weighted by Gasteiger charge is -2.17. The second-order valence-electron chi connectivity index (χ2n) is 9.89. The highest BCUT2D eigenvalue weighted by Crippen LogP contribution is 2.42. The van der Waals surface area contributed by atoms with Gasteiger partial charge in [0.15, 0.2) is 29.0 Å². The first kappa shape index (κ1) is 31.8. The van der Waals surface area contributed by atoms with E-state index in [9.17, 15) is 43.5 Å². The average Bonchev–Trinajstić information content (AvgIpc) is 2.97. The minimum Gasteiger partial charge on any atom is -0.485 e. The minimum atomic E-state index is -4.03. The molecule has 4 nitrogen and oxygen atoms in total. The number of rotatable bonds is 8. The number of sulfone groups is 1. The van der Waals surface area contributed by atoms with Crippen LogP contribution in [0.5, 0.6) is 17.2 Å². The van der Waals surface area contributed by atoms with Crippen LogP contribution in [-0.4, -0.2) is 14.5 Å². The van der Waals surface area contributed by atoms with Gasteiger partial charge in [0.2, 0.25) is 38.9 Å². The molecule has 4 aromatic rings. The molecule has 0 atom stereocenters. The molecule has 0 fully saturated rings. The third-order valence-electron chi connectivity index (χ3n) is 6.26. The van der Waals surface area contributed by atoms with Gasteiger partial charge in [0.1, 0.15) is 5.75 Å². The molecule has 13 heteroatoms. The summed E-state index contributed by atoms with van der Waals surface area (Å²) >= 11 is 0. The van der Waals surface area contributed by atoms with E-state index in [0.717, 1.165) is 29.8 Å². The van der Waals surface area contributed by atoms with E-state index in [1.165, 1.54) is 26.0 Å². The molecule has 0 aromatic heterocycles. The van der Waals surface area contributed by atoms with Crippen LogP contribution in [0.4, 0.5) is 35.1 Å². The number of benzene rings is 4. The molecule has 0 spiro atoms.